The SMILES string of the molecule is CC1(C)CCCC(CN2C3CCC2CC(O)C3)C1N. The zero-order valence-electron chi connectivity index (χ0n) is 12.5. The van der Waals surface area contributed by atoms with Gasteiger partial charge in [-0.25, -0.2) is 0 Å². The number of piperidine rings is 1. The van der Waals surface area contributed by atoms with Crippen LogP contribution in [0.2, 0.25) is 0 Å². The van der Waals surface area contributed by atoms with E-state index in [0.717, 1.165) is 12.8 Å². The molecule has 4 atom stereocenters. The van der Waals surface area contributed by atoms with Crippen LogP contribution in [0.3, 0.4) is 0 Å². The smallest absolute Gasteiger partial charge is 0.0570 e. The van der Waals surface area contributed by atoms with Gasteiger partial charge in [-0.1, -0.05) is 20.3 Å². The van der Waals surface area contributed by atoms with Crippen LogP contribution in [0.25, 0.3) is 0 Å². The number of aliphatic hydroxyl groups is 1. The van der Waals surface area contributed by atoms with Crippen molar-refractivity contribution in [3.8, 4) is 0 Å². The predicted molar refractivity (Wildman–Crippen MR) is 77.9 cm³/mol. The molecular weight excluding hydrogens is 236 g/mol. The van der Waals surface area contributed by atoms with Crippen LogP contribution < -0.4 is 5.73 Å². The topological polar surface area (TPSA) is 49.5 Å². The van der Waals surface area contributed by atoms with E-state index in [0.29, 0.717) is 29.5 Å². The summed E-state index contributed by atoms with van der Waals surface area (Å²) in [6.45, 7) is 5.84. The first-order valence-electron chi connectivity index (χ1n) is 8.17. The van der Waals surface area contributed by atoms with E-state index in [1.807, 2.05) is 0 Å². The predicted octanol–water partition coefficient (Wildman–Crippen LogP) is 2.13. The average Bonchev–Trinajstić information content (AvgIpc) is 2.58. The molecule has 1 saturated carbocycles. The molecule has 2 aliphatic heterocycles. The number of aliphatic hydroxyl groups excluding tert-OH is 1. The monoisotopic (exact) mass is 266 g/mol. The molecule has 0 radical (unpaired) electrons. The lowest BCUT2D eigenvalue weighted by Gasteiger charge is -2.46. The Morgan fingerprint density at radius 3 is 2.42 bits per heavy atom. The zero-order chi connectivity index (χ0) is 13.6. The molecule has 3 rings (SSSR count). The fourth-order valence-electron chi connectivity index (χ4n) is 4.82. The molecule has 2 bridgehead atoms. The molecule has 0 aromatic carbocycles. The van der Waals surface area contributed by atoms with Gasteiger partial charge in [0.05, 0.1) is 6.10 Å². The molecule has 3 nitrogen and oxygen atoms in total. The lowest BCUT2D eigenvalue weighted by atomic mass is 9.68. The quantitative estimate of drug-likeness (QED) is 0.805. The summed E-state index contributed by atoms with van der Waals surface area (Å²) in [6, 6.07) is 1.60. The molecule has 3 fully saturated rings. The number of hydrogen-bond acceptors (Lipinski definition) is 3. The van der Waals surface area contributed by atoms with Gasteiger partial charge in [-0.2, -0.15) is 0 Å². The van der Waals surface area contributed by atoms with Gasteiger partial charge in [-0.3, -0.25) is 4.90 Å². The molecule has 3 heteroatoms. The van der Waals surface area contributed by atoms with Crippen molar-refractivity contribution in [1.29, 1.82) is 0 Å². The van der Waals surface area contributed by atoms with Crippen LogP contribution in [0.5, 0.6) is 0 Å². The summed E-state index contributed by atoms with van der Waals surface area (Å²) in [4.78, 5) is 2.69. The molecule has 0 amide bonds. The summed E-state index contributed by atoms with van der Waals surface area (Å²) in [5.74, 6) is 0.655. The molecule has 110 valence electrons. The van der Waals surface area contributed by atoms with E-state index in [1.54, 1.807) is 0 Å². The van der Waals surface area contributed by atoms with Gasteiger partial charge in [0.2, 0.25) is 0 Å². The Bertz CT molecular complexity index is 317. The first-order valence-corrected chi connectivity index (χ1v) is 8.17. The van der Waals surface area contributed by atoms with E-state index in [-0.39, 0.29) is 6.10 Å². The summed E-state index contributed by atoms with van der Waals surface area (Å²) in [6.07, 6.45) is 8.39. The lowest BCUT2D eigenvalue weighted by molar-refractivity contribution is 0.0113. The van der Waals surface area contributed by atoms with E-state index < -0.39 is 0 Å². The average molecular weight is 266 g/mol. The van der Waals surface area contributed by atoms with Crippen LogP contribution in [0.15, 0.2) is 0 Å². The van der Waals surface area contributed by atoms with E-state index >= 15 is 0 Å². The van der Waals surface area contributed by atoms with Crippen LogP contribution in [-0.4, -0.2) is 40.8 Å². The Balaban J connectivity index is 1.65. The standard InChI is InChI=1S/C16H30N2O/c1-16(2)7-3-4-11(15(16)17)10-18-12-5-6-13(18)9-14(19)8-12/h11-15,19H,3-10,17H2,1-2H3. The van der Waals surface area contributed by atoms with Gasteiger partial charge in [0.25, 0.3) is 0 Å². The summed E-state index contributed by atoms with van der Waals surface area (Å²) < 4.78 is 0. The molecule has 2 saturated heterocycles. The van der Waals surface area contributed by atoms with Gasteiger partial charge in [-0.15, -0.1) is 0 Å². The number of rotatable bonds is 2. The Labute approximate surface area is 117 Å². The highest BCUT2D eigenvalue weighted by Gasteiger charge is 2.43. The van der Waals surface area contributed by atoms with E-state index in [4.69, 9.17) is 5.73 Å². The lowest BCUT2D eigenvalue weighted by Crippen LogP contribution is -2.53. The first-order chi connectivity index (χ1) is 8.97. The Hall–Kier alpha value is -0.120. The Kier molecular flexibility index (Phi) is 3.65. The third-order valence-corrected chi connectivity index (χ3v) is 6.11. The molecule has 1 aliphatic carbocycles. The minimum atomic E-state index is -0.0507. The molecule has 19 heavy (non-hydrogen) atoms. The minimum absolute atomic E-state index is 0.0507. The largest absolute Gasteiger partial charge is 0.393 e. The minimum Gasteiger partial charge on any atom is -0.393 e. The Morgan fingerprint density at radius 2 is 1.79 bits per heavy atom. The molecule has 0 aromatic heterocycles. The second kappa shape index (κ2) is 5.01. The normalized spacial score (nSPS) is 46.4. The maximum atomic E-state index is 9.90. The van der Waals surface area contributed by atoms with Gasteiger partial charge in [-0.05, 0) is 49.9 Å². The van der Waals surface area contributed by atoms with Crippen molar-refractivity contribution in [3.63, 3.8) is 0 Å². The van der Waals surface area contributed by atoms with Gasteiger partial charge in [0, 0.05) is 24.7 Å². The van der Waals surface area contributed by atoms with Crippen LogP contribution in [0, 0.1) is 11.3 Å². The van der Waals surface area contributed by atoms with E-state index in [1.165, 1.54) is 38.6 Å². The molecule has 0 aromatic rings. The molecule has 3 aliphatic rings. The summed E-state index contributed by atoms with van der Waals surface area (Å²) in [7, 11) is 0. The van der Waals surface area contributed by atoms with Crippen molar-refractivity contribution in [1.82, 2.24) is 4.90 Å². The molecule has 3 N–H and O–H groups in total. The van der Waals surface area contributed by atoms with Crippen LogP contribution in [0.1, 0.15) is 58.8 Å². The van der Waals surface area contributed by atoms with Gasteiger partial charge >= 0.3 is 0 Å². The van der Waals surface area contributed by atoms with Crippen molar-refractivity contribution in [2.75, 3.05) is 6.54 Å². The number of fused-ring (bicyclic) bond motifs is 2. The fourth-order valence-corrected chi connectivity index (χ4v) is 4.82. The van der Waals surface area contributed by atoms with E-state index in [2.05, 4.69) is 18.7 Å². The third-order valence-electron chi connectivity index (χ3n) is 6.11. The number of hydrogen-bond donors (Lipinski definition) is 2. The number of nitrogens with zero attached hydrogens (tertiary/aromatic N) is 1. The Morgan fingerprint density at radius 1 is 1.16 bits per heavy atom. The second-order valence-corrected chi connectivity index (χ2v) is 7.87. The van der Waals surface area contributed by atoms with Crippen molar-refractivity contribution >= 4 is 0 Å². The summed E-state index contributed by atoms with van der Waals surface area (Å²) >= 11 is 0. The van der Waals surface area contributed by atoms with Crippen molar-refractivity contribution in [3.05, 3.63) is 0 Å². The van der Waals surface area contributed by atoms with Crippen molar-refractivity contribution in [2.24, 2.45) is 17.1 Å². The van der Waals surface area contributed by atoms with Crippen LogP contribution in [-0.2, 0) is 0 Å². The maximum Gasteiger partial charge on any atom is 0.0570 e. The molecule has 4 unspecified atom stereocenters. The third kappa shape index (κ3) is 2.57. The molecule has 0 spiro atoms. The van der Waals surface area contributed by atoms with E-state index in [9.17, 15) is 5.11 Å². The van der Waals surface area contributed by atoms with Crippen molar-refractivity contribution < 1.29 is 5.11 Å². The van der Waals surface area contributed by atoms with Gasteiger partial charge in [0.15, 0.2) is 0 Å². The first kappa shape index (κ1) is 13.8. The highest BCUT2D eigenvalue weighted by atomic mass is 16.3. The number of nitrogens with two attached hydrogens (primary N) is 1. The highest BCUT2D eigenvalue weighted by molar-refractivity contribution is 4.99. The van der Waals surface area contributed by atoms with Gasteiger partial charge in [0.1, 0.15) is 0 Å². The van der Waals surface area contributed by atoms with Crippen molar-refractivity contribution in [2.45, 2.75) is 83.0 Å². The fraction of sp³-hybridized carbons (Fsp3) is 1.00. The maximum absolute atomic E-state index is 9.90. The molecular formula is C16H30N2O. The second-order valence-electron chi connectivity index (χ2n) is 7.87. The van der Waals surface area contributed by atoms with Crippen LogP contribution in [0.4, 0.5) is 0 Å². The van der Waals surface area contributed by atoms with Crippen LogP contribution >= 0.6 is 0 Å². The molecule has 2 heterocycles. The highest BCUT2D eigenvalue weighted by Crippen LogP contribution is 2.41. The zero-order valence-corrected chi connectivity index (χ0v) is 12.5. The summed E-state index contributed by atoms with van der Waals surface area (Å²) in [5.41, 5.74) is 6.84. The van der Waals surface area contributed by atoms with Gasteiger partial charge < -0.3 is 10.8 Å². The summed E-state index contributed by atoms with van der Waals surface area (Å²) in [5, 5.41) is 9.90.